The summed E-state index contributed by atoms with van der Waals surface area (Å²) in [6, 6.07) is 17.2. The summed E-state index contributed by atoms with van der Waals surface area (Å²) in [4.78, 5) is 28.4. The van der Waals surface area contributed by atoms with Crippen molar-refractivity contribution in [2.45, 2.75) is 51.1 Å². The van der Waals surface area contributed by atoms with Crippen molar-refractivity contribution in [3.05, 3.63) is 92.4 Å². The van der Waals surface area contributed by atoms with Gasteiger partial charge in [-0.15, -0.1) is 0 Å². The molecule has 7 nitrogen and oxygen atoms in total. The molecule has 3 aromatic carbocycles. The predicted octanol–water partition coefficient (Wildman–Crippen LogP) is 6.59. The van der Waals surface area contributed by atoms with Gasteiger partial charge in [-0.05, 0) is 68.3 Å². The van der Waals surface area contributed by atoms with Crippen LogP contribution in [0.15, 0.2) is 76.1 Å². The van der Waals surface area contributed by atoms with E-state index in [9.17, 15) is 18.0 Å². The third-order valence-corrected chi connectivity index (χ3v) is 9.40. The molecule has 0 aliphatic carbocycles. The summed E-state index contributed by atoms with van der Waals surface area (Å²) >= 11 is 15.7. The van der Waals surface area contributed by atoms with Crippen molar-refractivity contribution in [2.75, 3.05) is 17.4 Å². The summed E-state index contributed by atoms with van der Waals surface area (Å²) in [5.74, 6) is -0.871. The van der Waals surface area contributed by atoms with Gasteiger partial charge in [0.05, 0.1) is 20.6 Å². The van der Waals surface area contributed by atoms with E-state index in [1.165, 1.54) is 35.2 Å². The predicted molar refractivity (Wildman–Crippen MR) is 164 cm³/mol. The van der Waals surface area contributed by atoms with Crippen LogP contribution in [0.25, 0.3) is 0 Å². The number of anilines is 1. The highest BCUT2D eigenvalue weighted by Crippen LogP contribution is 2.31. The standard InChI is InChI=1S/C29H32BrCl2N3O4S/c1-4-5-16-33-29(37)21(3)34(18-22-8-10-23(30)11-9-22)28(36)19-35(24-12-15-26(31)27(32)17-24)40(38,39)25-13-6-20(2)7-14-25/h6-15,17,21H,4-5,16,18-19H2,1-3H3,(H,33,37)/t21-/m0/s1. The smallest absolute Gasteiger partial charge is 0.264 e. The number of unbranched alkanes of at least 4 members (excludes halogenated alkanes) is 1. The van der Waals surface area contributed by atoms with E-state index < -0.39 is 28.5 Å². The first-order chi connectivity index (χ1) is 18.9. The third-order valence-electron chi connectivity index (χ3n) is 6.34. The van der Waals surface area contributed by atoms with Crippen LogP contribution in [-0.2, 0) is 26.2 Å². The molecule has 0 fully saturated rings. The van der Waals surface area contributed by atoms with E-state index in [1.54, 1.807) is 19.1 Å². The van der Waals surface area contributed by atoms with Gasteiger partial charge in [0, 0.05) is 17.6 Å². The van der Waals surface area contributed by atoms with Crippen molar-refractivity contribution in [2.24, 2.45) is 0 Å². The number of sulfonamides is 1. The van der Waals surface area contributed by atoms with Gasteiger partial charge in [0.15, 0.2) is 0 Å². The van der Waals surface area contributed by atoms with Crippen LogP contribution in [0, 0.1) is 6.92 Å². The molecule has 0 unspecified atom stereocenters. The molecule has 0 aromatic heterocycles. The Morgan fingerprint density at radius 1 is 0.975 bits per heavy atom. The minimum absolute atomic E-state index is 0.0155. The molecule has 0 heterocycles. The molecule has 3 rings (SSSR count). The van der Waals surface area contributed by atoms with Gasteiger partial charge < -0.3 is 10.2 Å². The van der Waals surface area contributed by atoms with Crippen molar-refractivity contribution in [3.8, 4) is 0 Å². The van der Waals surface area contributed by atoms with E-state index in [2.05, 4.69) is 21.2 Å². The van der Waals surface area contributed by atoms with Crippen LogP contribution in [-0.4, -0.2) is 44.3 Å². The summed E-state index contributed by atoms with van der Waals surface area (Å²) in [6.45, 7) is 5.54. The molecule has 1 N–H and O–H groups in total. The Morgan fingerprint density at radius 2 is 1.62 bits per heavy atom. The van der Waals surface area contributed by atoms with E-state index in [4.69, 9.17) is 23.2 Å². The number of nitrogens with zero attached hydrogens (tertiary/aromatic N) is 2. The molecule has 0 radical (unpaired) electrons. The number of halogens is 3. The summed E-state index contributed by atoms with van der Waals surface area (Å²) in [5, 5.41) is 3.26. The maximum Gasteiger partial charge on any atom is 0.264 e. The van der Waals surface area contributed by atoms with Crippen molar-refractivity contribution >= 4 is 66.7 Å². The minimum Gasteiger partial charge on any atom is -0.354 e. The summed E-state index contributed by atoms with van der Waals surface area (Å²) < 4.78 is 29.6. The number of hydrogen-bond donors (Lipinski definition) is 1. The van der Waals surface area contributed by atoms with Crippen molar-refractivity contribution in [1.29, 1.82) is 0 Å². The lowest BCUT2D eigenvalue weighted by molar-refractivity contribution is -0.139. The zero-order valence-corrected chi connectivity index (χ0v) is 26.4. The minimum atomic E-state index is -4.19. The number of carbonyl (C=O) groups excluding carboxylic acids is 2. The van der Waals surface area contributed by atoms with Crippen LogP contribution in [0.2, 0.25) is 10.0 Å². The molecular formula is C29H32BrCl2N3O4S. The van der Waals surface area contributed by atoms with E-state index in [1.807, 2.05) is 38.1 Å². The van der Waals surface area contributed by atoms with Crippen LogP contribution < -0.4 is 9.62 Å². The summed E-state index contributed by atoms with van der Waals surface area (Å²) in [5.41, 5.74) is 1.85. The maximum absolute atomic E-state index is 13.9. The van der Waals surface area contributed by atoms with E-state index >= 15 is 0 Å². The Labute approximate surface area is 254 Å². The lowest BCUT2D eigenvalue weighted by Crippen LogP contribution is -2.51. The van der Waals surface area contributed by atoms with Gasteiger partial charge in [0.1, 0.15) is 12.6 Å². The number of amides is 2. The molecule has 0 spiro atoms. The van der Waals surface area contributed by atoms with Gasteiger partial charge in [0.25, 0.3) is 10.0 Å². The number of benzene rings is 3. The zero-order chi connectivity index (χ0) is 29.4. The monoisotopic (exact) mass is 667 g/mol. The van der Waals surface area contributed by atoms with E-state index in [0.717, 1.165) is 32.7 Å². The van der Waals surface area contributed by atoms with Gasteiger partial charge in [-0.25, -0.2) is 8.42 Å². The summed E-state index contributed by atoms with van der Waals surface area (Å²) in [7, 11) is -4.19. The lowest BCUT2D eigenvalue weighted by atomic mass is 10.1. The Balaban J connectivity index is 2.02. The second-order valence-electron chi connectivity index (χ2n) is 9.39. The normalized spacial score (nSPS) is 12.1. The third kappa shape index (κ3) is 8.22. The fourth-order valence-corrected chi connectivity index (χ4v) is 5.87. The molecule has 0 saturated heterocycles. The van der Waals surface area contributed by atoms with Gasteiger partial charge in [-0.2, -0.15) is 0 Å². The van der Waals surface area contributed by atoms with Gasteiger partial charge in [-0.3, -0.25) is 13.9 Å². The molecule has 0 saturated carbocycles. The maximum atomic E-state index is 13.9. The number of nitrogens with one attached hydrogen (secondary N) is 1. The van der Waals surface area contributed by atoms with Crippen molar-refractivity contribution < 1.29 is 18.0 Å². The average Bonchev–Trinajstić information content (AvgIpc) is 2.92. The molecule has 0 bridgehead atoms. The fraction of sp³-hybridized carbons (Fsp3) is 0.310. The second-order valence-corrected chi connectivity index (χ2v) is 13.0. The Bertz CT molecular complexity index is 1430. The van der Waals surface area contributed by atoms with Crippen LogP contribution in [0.4, 0.5) is 5.69 Å². The molecule has 214 valence electrons. The molecule has 2 amide bonds. The molecular weight excluding hydrogens is 637 g/mol. The fourth-order valence-electron chi connectivity index (χ4n) is 3.91. The van der Waals surface area contributed by atoms with Gasteiger partial charge >= 0.3 is 0 Å². The van der Waals surface area contributed by atoms with Crippen LogP contribution in [0.1, 0.15) is 37.8 Å². The summed E-state index contributed by atoms with van der Waals surface area (Å²) in [6.07, 6.45) is 1.71. The first-order valence-corrected chi connectivity index (χ1v) is 15.8. The number of aryl methyl sites for hydroxylation is 1. The van der Waals surface area contributed by atoms with Crippen molar-refractivity contribution in [1.82, 2.24) is 10.2 Å². The lowest BCUT2D eigenvalue weighted by Gasteiger charge is -2.32. The molecule has 40 heavy (non-hydrogen) atoms. The highest BCUT2D eigenvalue weighted by Gasteiger charge is 2.32. The van der Waals surface area contributed by atoms with Crippen molar-refractivity contribution in [3.63, 3.8) is 0 Å². The Hall–Kier alpha value is -2.59. The van der Waals surface area contributed by atoms with Crippen LogP contribution in [0.5, 0.6) is 0 Å². The topological polar surface area (TPSA) is 86.8 Å². The second kappa shape index (κ2) is 14.3. The highest BCUT2D eigenvalue weighted by molar-refractivity contribution is 9.10. The number of carbonyl (C=O) groups is 2. The van der Waals surface area contributed by atoms with Crippen LogP contribution in [0.3, 0.4) is 0 Å². The molecule has 11 heteroatoms. The Morgan fingerprint density at radius 3 is 2.23 bits per heavy atom. The molecule has 0 aliphatic heterocycles. The SMILES string of the molecule is CCCCNC(=O)[C@H](C)N(Cc1ccc(Br)cc1)C(=O)CN(c1ccc(Cl)c(Cl)c1)S(=O)(=O)c1ccc(C)cc1. The largest absolute Gasteiger partial charge is 0.354 e. The first kappa shape index (κ1) is 31.9. The molecule has 0 aliphatic rings. The highest BCUT2D eigenvalue weighted by atomic mass is 79.9. The average molecular weight is 669 g/mol. The quantitative estimate of drug-likeness (QED) is 0.221. The van der Waals surface area contributed by atoms with Crippen LogP contribution >= 0.6 is 39.1 Å². The van der Waals surface area contributed by atoms with Gasteiger partial charge in [0.2, 0.25) is 11.8 Å². The molecule has 1 atom stereocenters. The number of hydrogen-bond acceptors (Lipinski definition) is 4. The first-order valence-electron chi connectivity index (χ1n) is 12.8. The van der Waals surface area contributed by atoms with Gasteiger partial charge in [-0.1, -0.05) is 82.3 Å². The van der Waals surface area contributed by atoms with E-state index in [0.29, 0.717) is 6.54 Å². The van der Waals surface area contributed by atoms with E-state index in [-0.39, 0.29) is 33.1 Å². The zero-order valence-electron chi connectivity index (χ0n) is 22.5. The Kier molecular flexibility index (Phi) is 11.5. The number of rotatable bonds is 12. The molecule has 3 aromatic rings.